The van der Waals surface area contributed by atoms with Crippen LogP contribution >= 0.6 is 0 Å². The number of H-pyrrole nitrogens is 1. The average molecular weight is 350 g/mol. The number of aromatic amines is 1. The smallest absolute Gasteiger partial charge is 0.355 e. The number of carbonyl (C=O) groups excluding carboxylic acids is 2. The molecule has 1 saturated heterocycles. The molecule has 1 aromatic rings. The lowest BCUT2D eigenvalue weighted by Gasteiger charge is -2.40. The molecular formula is C19H30N2O4. The lowest BCUT2D eigenvalue weighted by molar-refractivity contribution is -0.146. The Morgan fingerprint density at radius 2 is 1.76 bits per heavy atom. The van der Waals surface area contributed by atoms with E-state index in [0.717, 1.165) is 25.0 Å². The van der Waals surface area contributed by atoms with Crippen molar-refractivity contribution in [3.63, 3.8) is 0 Å². The molecule has 140 valence electrons. The SMILES string of the molecule is Cc1[nH]c(C(=O)O[C@H](C)C(=O)N2[C@@H](C)CCC[C@@H]2C)c(C)c1[C@@H](C)O. The summed E-state index contributed by atoms with van der Waals surface area (Å²) in [5.41, 5.74) is 2.39. The fraction of sp³-hybridized carbons (Fsp3) is 0.684. The molecule has 2 N–H and O–H groups in total. The number of aliphatic hydroxyl groups is 1. The van der Waals surface area contributed by atoms with Crippen molar-refractivity contribution >= 4 is 11.9 Å². The van der Waals surface area contributed by atoms with E-state index >= 15 is 0 Å². The number of ether oxygens (including phenoxy) is 1. The summed E-state index contributed by atoms with van der Waals surface area (Å²) in [6.07, 6.45) is 1.55. The van der Waals surface area contributed by atoms with Gasteiger partial charge in [-0.15, -0.1) is 0 Å². The van der Waals surface area contributed by atoms with Crippen molar-refractivity contribution in [3.8, 4) is 0 Å². The third-order valence-corrected chi connectivity index (χ3v) is 5.20. The van der Waals surface area contributed by atoms with E-state index in [0.29, 0.717) is 16.8 Å². The van der Waals surface area contributed by atoms with Crippen LogP contribution in [-0.2, 0) is 9.53 Å². The Hall–Kier alpha value is -1.82. The summed E-state index contributed by atoms with van der Waals surface area (Å²) in [7, 11) is 0. The van der Waals surface area contributed by atoms with Crippen LogP contribution in [0.5, 0.6) is 0 Å². The summed E-state index contributed by atoms with van der Waals surface area (Å²) >= 11 is 0. The molecule has 2 heterocycles. The zero-order valence-corrected chi connectivity index (χ0v) is 16.0. The molecule has 25 heavy (non-hydrogen) atoms. The Labute approximate surface area is 149 Å². The first-order valence-electron chi connectivity index (χ1n) is 9.05. The van der Waals surface area contributed by atoms with Gasteiger partial charge in [-0.3, -0.25) is 4.79 Å². The normalized spacial score (nSPS) is 23.2. The second-order valence-electron chi connectivity index (χ2n) is 7.26. The maximum atomic E-state index is 12.7. The molecule has 4 atom stereocenters. The summed E-state index contributed by atoms with van der Waals surface area (Å²) in [5.74, 6) is -0.713. The lowest BCUT2D eigenvalue weighted by Crippen LogP contribution is -2.51. The zero-order valence-electron chi connectivity index (χ0n) is 16.0. The molecule has 0 aliphatic carbocycles. The molecule has 1 amide bonds. The minimum absolute atomic E-state index is 0.148. The molecular weight excluding hydrogens is 320 g/mol. The monoisotopic (exact) mass is 350 g/mol. The van der Waals surface area contributed by atoms with Crippen molar-refractivity contribution in [2.75, 3.05) is 0 Å². The van der Waals surface area contributed by atoms with E-state index in [9.17, 15) is 14.7 Å². The highest BCUT2D eigenvalue weighted by molar-refractivity contribution is 5.92. The van der Waals surface area contributed by atoms with Crippen molar-refractivity contribution in [1.82, 2.24) is 9.88 Å². The van der Waals surface area contributed by atoms with Crippen molar-refractivity contribution in [2.45, 2.75) is 85.1 Å². The van der Waals surface area contributed by atoms with Crippen LogP contribution in [0.4, 0.5) is 0 Å². The predicted molar refractivity (Wildman–Crippen MR) is 95.4 cm³/mol. The van der Waals surface area contributed by atoms with Crippen LogP contribution in [0.2, 0.25) is 0 Å². The van der Waals surface area contributed by atoms with Crippen molar-refractivity contribution in [1.29, 1.82) is 0 Å². The first kappa shape index (κ1) is 19.5. The molecule has 0 radical (unpaired) electrons. The third kappa shape index (κ3) is 3.89. The van der Waals surface area contributed by atoms with Crippen LogP contribution in [0.3, 0.4) is 0 Å². The van der Waals surface area contributed by atoms with Gasteiger partial charge >= 0.3 is 5.97 Å². The molecule has 6 heteroatoms. The molecule has 1 fully saturated rings. The van der Waals surface area contributed by atoms with Crippen LogP contribution in [0.15, 0.2) is 0 Å². The molecule has 0 bridgehead atoms. The number of aliphatic hydroxyl groups excluding tert-OH is 1. The number of aromatic nitrogens is 1. The van der Waals surface area contributed by atoms with E-state index in [1.54, 1.807) is 27.7 Å². The van der Waals surface area contributed by atoms with Crippen molar-refractivity contribution in [3.05, 3.63) is 22.5 Å². The molecule has 2 rings (SSSR count). The highest BCUT2D eigenvalue weighted by Crippen LogP contribution is 2.26. The van der Waals surface area contributed by atoms with Gasteiger partial charge in [-0.2, -0.15) is 0 Å². The molecule has 0 aromatic carbocycles. The van der Waals surface area contributed by atoms with Gasteiger partial charge in [0.15, 0.2) is 6.10 Å². The first-order valence-corrected chi connectivity index (χ1v) is 9.05. The Morgan fingerprint density at radius 3 is 2.24 bits per heavy atom. The molecule has 1 aromatic heterocycles. The molecule has 0 unspecified atom stereocenters. The number of hydrogen-bond donors (Lipinski definition) is 2. The fourth-order valence-electron chi connectivity index (χ4n) is 3.93. The summed E-state index contributed by atoms with van der Waals surface area (Å²) < 4.78 is 5.43. The lowest BCUT2D eigenvalue weighted by atomic mass is 9.97. The number of nitrogens with zero attached hydrogens (tertiary/aromatic N) is 1. The quantitative estimate of drug-likeness (QED) is 0.818. The topological polar surface area (TPSA) is 82.6 Å². The van der Waals surface area contributed by atoms with E-state index in [2.05, 4.69) is 4.98 Å². The van der Waals surface area contributed by atoms with Gasteiger partial charge in [0, 0.05) is 23.3 Å². The summed E-state index contributed by atoms with van der Waals surface area (Å²) in [5, 5.41) is 9.85. The van der Waals surface area contributed by atoms with Crippen LogP contribution in [0.25, 0.3) is 0 Å². The second-order valence-corrected chi connectivity index (χ2v) is 7.26. The highest BCUT2D eigenvalue weighted by atomic mass is 16.5. The maximum absolute atomic E-state index is 12.7. The zero-order chi connectivity index (χ0) is 18.9. The number of aryl methyl sites for hydroxylation is 1. The molecule has 0 saturated carbocycles. The fourth-order valence-corrected chi connectivity index (χ4v) is 3.93. The number of carbonyl (C=O) groups is 2. The van der Waals surface area contributed by atoms with Gasteiger partial charge in [0.2, 0.25) is 0 Å². The van der Waals surface area contributed by atoms with E-state index in [-0.39, 0.29) is 18.0 Å². The summed E-state index contributed by atoms with van der Waals surface area (Å²) in [4.78, 5) is 30.1. The largest absolute Gasteiger partial charge is 0.448 e. The van der Waals surface area contributed by atoms with Gasteiger partial charge in [0.05, 0.1) is 6.10 Å². The number of piperidine rings is 1. The number of nitrogens with one attached hydrogen (secondary N) is 1. The van der Waals surface area contributed by atoms with Gasteiger partial charge in [0.25, 0.3) is 5.91 Å². The predicted octanol–water partition coefficient (Wildman–Crippen LogP) is 3.02. The highest BCUT2D eigenvalue weighted by Gasteiger charge is 2.34. The van der Waals surface area contributed by atoms with Gasteiger partial charge in [0.1, 0.15) is 5.69 Å². The van der Waals surface area contributed by atoms with Crippen molar-refractivity contribution in [2.24, 2.45) is 0 Å². The van der Waals surface area contributed by atoms with Gasteiger partial charge in [-0.1, -0.05) is 0 Å². The molecule has 0 spiro atoms. The van der Waals surface area contributed by atoms with Crippen LogP contribution in [0, 0.1) is 13.8 Å². The average Bonchev–Trinajstić information content (AvgIpc) is 2.81. The minimum Gasteiger partial charge on any atom is -0.448 e. The Bertz CT molecular complexity index is 640. The Kier molecular flexibility index (Phi) is 5.93. The van der Waals surface area contributed by atoms with Crippen LogP contribution in [-0.4, -0.2) is 45.1 Å². The van der Waals surface area contributed by atoms with Crippen LogP contribution in [0.1, 0.15) is 80.4 Å². The van der Waals surface area contributed by atoms with E-state index in [4.69, 9.17) is 4.74 Å². The summed E-state index contributed by atoms with van der Waals surface area (Å²) in [6.45, 7) is 10.9. The van der Waals surface area contributed by atoms with E-state index in [1.807, 2.05) is 18.7 Å². The van der Waals surface area contributed by atoms with Crippen LogP contribution < -0.4 is 0 Å². The number of esters is 1. The Morgan fingerprint density at radius 1 is 1.20 bits per heavy atom. The van der Waals surface area contributed by atoms with Crippen molar-refractivity contribution < 1.29 is 19.4 Å². The van der Waals surface area contributed by atoms with Gasteiger partial charge in [-0.25, -0.2) is 4.79 Å². The van der Waals surface area contributed by atoms with E-state index < -0.39 is 18.2 Å². The van der Waals surface area contributed by atoms with Gasteiger partial charge < -0.3 is 19.7 Å². The number of likely N-dealkylation sites (tertiary alicyclic amines) is 1. The van der Waals surface area contributed by atoms with Gasteiger partial charge in [-0.05, 0) is 66.4 Å². The second kappa shape index (κ2) is 7.60. The number of hydrogen-bond acceptors (Lipinski definition) is 4. The maximum Gasteiger partial charge on any atom is 0.355 e. The molecule has 6 nitrogen and oxygen atoms in total. The summed E-state index contributed by atoms with van der Waals surface area (Å²) in [6, 6.07) is 0.322. The number of amides is 1. The molecule has 1 aliphatic heterocycles. The minimum atomic E-state index is -0.839. The number of rotatable bonds is 4. The molecule has 1 aliphatic rings. The van der Waals surface area contributed by atoms with E-state index in [1.165, 1.54) is 0 Å². The third-order valence-electron chi connectivity index (χ3n) is 5.20. The Balaban J connectivity index is 2.12. The first-order chi connectivity index (χ1) is 11.6. The standard InChI is InChI=1S/C19H30N2O4/c1-10-8-7-9-11(2)21(10)18(23)15(6)25-19(24)17-12(3)16(14(5)22)13(4)20-17/h10-11,14-15,20,22H,7-9H2,1-6H3/t10-,11-,14+,15+/m0/s1.